The number of nitrogens with zero attached hydrogens (tertiary/aromatic N) is 3. The Balaban J connectivity index is 1.45. The van der Waals surface area contributed by atoms with Crippen molar-refractivity contribution in [3.63, 3.8) is 0 Å². The van der Waals surface area contributed by atoms with E-state index in [1.165, 1.54) is 23.9 Å². The lowest BCUT2D eigenvalue weighted by molar-refractivity contribution is -0.148. The van der Waals surface area contributed by atoms with Crippen molar-refractivity contribution in [3.05, 3.63) is 75.9 Å². The number of aryl methyl sites for hydroxylation is 1. The average Bonchev–Trinajstić information content (AvgIpc) is 3.17. The molecule has 5 rings (SSSR count). The number of hydrogen-bond donors (Lipinski definition) is 0. The molecule has 0 saturated carbocycles. The molecular formula is C29H28FN3O3S2. The molecule has 0 N–H and O–H groups in total. The van der Waals surface area contributed by atoms with Gasteiger partial charge in [0.05, 0.1) is 29.5 Å². The Morgan fingerprint density at radius 1 is 1.18 bits per heavy atom. The van der Waals surface area contributed by atoms with Gasteiger partial charge in [-0.1, -0.05) is 47.7 Å². The zero-order chi connectivity index (χ0) is 26.8. The van der Waals surface area contributed by atoms with Crippen LogP contribution in [0.5, 0.6) is 0 Å². The summed E-state index contributed by atoms with van der Waals surface area (Å²) in [6.45, 7) is 5.86. The molecule has 3 heterocycles. The highest BCUT2D eigenvalue weighted by molar-refractivity contribution is 8.26. The molecule has 38 heavy (non-hydrogen) atoms. The number of piperidine rings is 1. The molecule has 2 aromatic carbocycles. The fourth-order valence-electron chi connectivity index (χ4n) is 4.80. The summed E-state index contributed by atoms with van der Waals surface area (Å²) in [4.78, 5) is 34.9. The minimum Gasteiger partial charge on any atom is -0.466 e. The van der Waals surface area contributed by atoms with Crippen LogP contribution < -0.4 is 4.90 Å². The van der Waals surface area contributed by atoms with Gasteiger partial charge in [0.1, 0.15) is 16.0 Å². The molecule has 3 aromatic rings. The van der Waals surface area contributed by atoms with Crippen LogP contribution >= 0.6 is 24.0 Å². The Kier molecular flexibility index (Phi) is 7.76. The first-order chi connectivity index (χ1) is 18.3. The molecule has 0 spiro atoms. The summed E-state index contributed by atoms with van der Waals surface area (Å²) < 4.78 is 19.0. The quantitative estimate of drug-likeness (QED) is 0.217. The highest BCUT2D eigenvalue weighted by Crippen LogP contribution is 2.36. The van der Waals surface area contributed by atoms with Gasteiger partial charge in [-0.2, -0.15) is 0 Å². The molecule has 2 aliphatic rings. The first kappa shape index (κ1) is 26.3. The number of carbonyl (C=O) groups excluding carboxylic acids is 2. The number of benzene rings is 2. The number of esters is 1. The van der Waals surface area contributed by atoms with Crippen LogP contribution in [0.2, 0.25) is 0 Å². The zero-order valence-corrected chi connectivity index (χ0v) is 22.9. The molecule has 0 bridgehead atoms. The number of fused-ring (bicyclic) bond motifs is 1. The predicted octanol–water partition coefficient (Wildman–Crippen LogP) is 5.86. The van der Waals surface area contributed by atoms with Crippen LogP contribution in [0.4, 0.5) is 10.2 Å². The molecule has 0 unspecified atom stereocenters. The van der Waals surface area contributed by atoms with Gasteiger partial charge in [-0.15, -0.1) is 0 Å². The zero-order valence-electron chi connectivity index (χ0n) is 21.3. The standard InChI is InChI=1S/C29H28FN3O3S2/c1-3-36-28(35)20-10-12-32(13-11-20)26-22(15-21-14-18(2)4-9-24(21)31-26)16-25-27(34)33(29(37)38-25)17-19-5-7-23(30)8-6-19/h4-9,14-16,20H,3,10-13,17H2,1-2H3/b25-16-. The number of amides is 1. The van der Waals surface area contributed by atoms with E-state index >= 15 is 0 Å². The van der Waals surface area contributed by atoms with Crippen molar-refractivity contribution in [1.82, 2.24) is 9.88 Å². The average molecular weight is 550 g/mol. The molecule has 1 aromatic heterocycles. The van der Waals surface area contributed by atoms with Crippen molar-refractivity contribution in [2.75, 3.05) is 24.6 Å². The molecule has 1 amide bonds. The molecule has 196 valence electrons. The number of halogens is 1. The molecule has 0 aliphatic carbocycles. The van der Waals surface area contributed by atoms with E-state index < -0.39 is 0 Å². The third-order valence-electron chi connectivity index (χ3n) is 6.81. The highest BCUT2D eigenvalue weighted by atomic mass is 32.2. The van der Waals surface area contributed by atoms with Crippen molar-refractivity contribution < 1.29 is 18.7 Å². The lowest BCUT2D eigenvalue weighted by Crippen LogP contribution is -2.37. The number of thiocarbonyl (C=S) groups is 1. The Hall–Kier alpha value is -3.30. The second kappa shape index (κ2) is 11.2. The predicted molar refractivity (Wildman–Crippen MR) is 153 cm³/mol. The number of aromatic nitrogens is 1. The highest BCUT2D eigenvalue weighted by Gasteiger charge is 2.33. The van der Waals surface area contributed by atoms with E-state index in [0.29, 0.717) is 41.8 Å². The first-order valence-corrected chi connectivity index (χ1v) is 13.9. The third-order valence-corrected chi connectivity index (χ3v) is 8.18. The van der Waals surface area contributed by atoms with Gasteiger partial charge >= 0.3 is 5.97 Å². The van der Waals surface area contributed by atoms with Crippen molar-refractivity contribution in [2.24, 2.45) is 5.92 Å². The number of pyridine rings is 1. The Bertz CT molecular complexity index is 1430. The summed E-state index contributed by atoms with van der Waals surface area (Å²) in [7, 11) is 0. The fourth-order valence-corrected chi connectivity index (χ4v) is 6.04. The third kappa shape index (κ3) is 5.59. The van der Waals surface area contributed by atoms with E-state index in [9.17, 15) is 14.0 Å². The number of carbonyl (C=O) groups is 2. The van der Waals surface area contributed by atoms with E-state index in [-0.39, 0.29) is 30.2 Å². The molecule has 2 aliphatic heterocycles. The summed E-state index contributed by atoms with van der Waals surface area (Å²) >= 11 is 6.79. The van der Waals surface area contributed by atoms with Crippen LogP contribution in [0.1, 0.15) is 36.5 Å². The molecule has 0 radical (unpaired) electrons. The number of ether oxygens (including phenoxy) is 1. The monoisotopic (exact) mass is 549 g/mol. The summed E-state index contributed by atoms with van der Waals surface area (Å²) in [6.07, 6.45) is 3.24. The van der Waals surface area contributed by atoms with E-state index in [4.69, 9.17) is 21.9 Å². The molecular weight excluding hydrogens is 521 g/mol. The smallest absolute Gasteiger partial charge is 0.309 e. The molecule has 0 atom stereocenters. The van der Waals surface area contributed by atoms with Gasteiger partial charge in [0, 0.05) is 24.0 Å². The molecule has 2 fully saturated rings. The first-order valence-electron chi connectivity index (χ1n) is 12.6. The summed E-state index contributed by atoms with van der Waals surface area (Å²) in [5, 5.41) is 0.989. The van der Waals surface area contributed by atoms with Crippen LogP contribution in [-0.4, -0.2) is 45.8 Å². The minimum absolute atomic E-state index is 0.111. The van der Waals surface area contributed by atoms with E-state index in [1.54, 1.807) is 17.0 Å². The number of hydrogen-bond acceptors (Lipinski definition) is 7. The summed E-state index contributed by atoms with van der Waals surface area (Å²) in [5.74, 6) is 0.0320. The lowest BCUT2D eigenvalue weighted by Gasteiger charge is -2.32. The fraction of sp³-hybridized carbons (Fsp3) is 0.310. The second-order valence-corrected chi connectivity index (χ2v) is 11.2. The van der Waals surface area contributed by atoms with Gasteiger partial charge in [0.15, 0.2) is 0 Å². The van der Waals surface area contributed by atoms with Gasteiger partial charge in [0.2, 0.25) is 0 Å². The normalized spacial score (nSPS) is 17.6. The van der Waals surface area contributed by atoms with Gasteiger partial charge in [-0.25, -0.2) is 9.37 Å². The van der Waals surface area contributed by atoms with Gasteiger partial charge in [-0.3, -0.25) is 14.5 Å². The van der Waals surface area contributed by atoms with Gasteiger partial charge < -0.3 is 9.64 Å². The summed E-state index contributed by atoms with van der Waals surface area (Å²) in [6, 6.07) is 14.3. The maximum atomic E-state index is 13.4. The SMILES string of the molecule is CCOC(=O)C1CCN(c2nc3ccc(C)cc3cc2/C=C2\SC(=S)N(Cc3ccc(F)cc3)C2=O)CC1. The van der Waals surface area contributed by atoms with Crippen molar-refractivity contribution in [2.45, 2.75) is 33.2 Å². The van der Waals surface area contributed by atoms with Crippen molar-refractivity contribution >= 4 is 63.0 Å². The largest absolute Gasteiger partial charge is 0.466 e. The lowest BCUT2D eigenvalue weighted by atomic mass is 9.96. The van der Waals surface area contributed by atoms with Gasteiger partial charge in [0.25, 0.3) is 5.91 Å². The van der Waals surface area contributed by atoms with E-state index in [0.717, 1.165) is 33.4 Å². The summed E-state index contributed by atoms with van der Waals surface area (Å²) in [5.41, 5.74) is 3.63. The molecule has 9 heteroatoms. The topological polar surface area (TPSA) is 62.7 Å². The number of anilines is 1. The van der Waals surface area contributed by atoms with Crippen LogP contribution in [0.3, 0.4) is 0 Å². The molecule has 6 nitrogen and oxygen atoms in total. The van der Waals surface area contributed by atoms with E-state index in [1.807, 2.05) is 32.1 Å². The minimum atomic E-state index is -0.322. The van der Waals surface area contributed by atoms with Crippen molar-refractivity contribution in [1.29, 1.82) is 0 Å². The van der Waals surface area contributed by atoms with Crippen LogP contribution in [0.25, 0.3) is 17.0 Å². The number of rotatable bonds is 6. The number of thioether (sulfide) groups is 1. The van der Waals surface area contributed by atoms with Gasteiger partial charge in [-0.05, 0) is 68.7 Å². The van der Waals surface area contributed by atoms with Crippen LogP contribution in [0, 0.1) is 18.7 Å². The van der Waals surface area contributed by atoms with Crippen molar-refractivity contribution in [3.8, 4) is 0 Å². The maximum absolute atomic E-state index is 13.4. The Morgan fingerprint density at radius 3 is 2.63 bits per heavy atom. The Morgan fingerprint density at radius 2 is 1.92 bits per heavy atom. The second-order valence-electron chi connectivity index (χ2n) is 9.51. The van der Waals surface area contributed by atoms with Crippen LogP contribution in [0.15, 0.2) is 53.4 Å². The Labute approximate surface area is 230 Å². The van der Waals surface area contributed by atoms with Crippen LogP contribution in [-0.2, 0) is 20.9 Å². The molecule has 2 saturated heterocycles. The maximum Gasteiger partial charge on any atom is 0.309 e. The van der Waals surface area contributed by atoms with E-state index in [2.05, 4.69) is 17.0 Å².